The Bertz CT molecular complexity index is 1100. The normalized spacial score (nSPS) is 11.9. The summed E-state index contributed by atoms with van der Waals surface area (Å²) in [7, 11) is 0. The van der Waals surface area contributed by atoms with E-state index in [0.29, 0.717) is 0 Å². The predicted molar refractivity (Wildman–Crippen MR) is 87.8 cm³/mol. The number of benzene rings is 1. The molecule has 0 aliphatic carbocycles. The van der Waals surface area contributed by atoms with Gasteiger partial charge in [-0.1, -0.05) is 11.8 Å². The van der Waals surface area contributed by atoms with Crippen molar-refractivity contribution in [3.8, 4) is 0 Å². The monoisotopic (exact) mass is 403 g/mol. The molecule has 0 amide bonds. The third-order valence-corrected chi connectivity index (χ3v) is 4.70. The standard InChI is InChI=1S/C17H10F5NO3S/c1-7(24)12-15(25)13-9(18)3-4-10(19)14(13)23-16(12)27-6-8-2-5-11(26-8)17(20,21)22/h2-5H,6H2,1H3,(H,23,25). The van der Waals surface area contributed by atoms with Crippen molar-refractivity contribution in [1.29, 1.82) is 0 Å². The Kier molecular flexibility index (Phi) is 4.85. The van der Waals surface area contributed by atoms with Crippen LogP contribution in [0.2, 0.25) is 0 Å². The maximum Gasteiger partial charge on any atom is 0.449 e. The van der Waals surface area contributed by atoms with Gasteiger partial charge in [-0.05, 0) is 31.2 Å². The van der Waals surface area contributed by atoms with Gasteiger partial charge in [0.2, 0.25) is 11.2 Å². The summed E-state index contributed by atoms with van der Waals surface area (Å²) in [6.45, 7) is 1.08. The highest BCUT2D eigenvalue weighted by atomic mass is 32.2. The number of H-pyrrole nitrogens is 1. The summed E-state index contributed by atoms with van der Waals surface area (Å²) in [5, 5.41) is -0.684. The molecule has 0 unspecified atom stereocenters. The maximum atomic E-state index is 14.0. The molecule has 0 spiro atoms. The van der Waals surface area contributed by atoms with Crippen LogP contribution in [0.1, 0.15) is 28.8 Å². The second-order valence-corrected chi connectivity index (χ2v) is 6.53. The lowest BCUT2D eigenvalue weighted by Crippen LogP contribution is -2.18. The number of Topliss-reactive ketones (excluding diaryl/α,β-unsaturated/α-hetero) is 1. The number of aromatic nitrogens is 1. The van der Waals surface area contributed by atoms with Gasteiger partial charge in [-0.2, -0.15) is 13.2 Å². The molecule has 0 saturated carbocycles. The molecule has 10 heteroatoms. The number of furan rings is 1. The van der Waals surface area contributed by atoms with Gasteiger partial charge >= 0.3 is 6.18 Å². The number of alkyl halides is 3. The molecule has 2 aromatic heterocycles. The van der Waals surface area contributed by atoms with Crippen molar-refractivity contribution in [2.45, 2.75) is 23.9 Å². The van der Waals surface area contributed by atoms with E-state index in [0.717, 1.165) is 43.0 Å². The first-order chi connectivity index (χ1) is 12.6. The SMILES string of the molecule is CC(=O)c1c(SCc2ccc(C(F)(F)F)o2)[nH]c2c(F)ccc(F)c2c1=O. The third-order valence-electron chi connectivity index (χ3n) is 3.68. The summed E-state index contributed by atoms with van der Waals surface area (Å²) in [5.41, 5.74) is -1.83. The average Bonchev–Trinajstić information content (AvgIpc) is 3.05. The van der Waals surface area contributed by atoms with Crippen LogP contribution in [0.25, 0.3) is 10.9 Å². The van der Waals surface area contributed by atoms with E-state index in [1.54, 1.807) is 0 Å². The molecular weight excluding hydrogens is 393 g/mol. The van der Waals surface area contributed by atoms with Gasteiger partial charge in [0.15, 0.2) is 5.78 Å². The van der Waals surface area contributed by atoms with Crippen molar-refractivity contribution in [1.82, 2.24) is 4.98 Å². The fraction of sp³-hybridized carbons (Fsp3) is 0.176. The van der Waals surface area contributed by atoms with Crippen molar-refractivity contribution in [3.63, 3.8) is 0 Å². The Hall–Kier alpha value is -2.62. The number of nitrogens with one attached hydrogen (secondary N) is 1. The lowest BCUT2D eigenvalue weighted by molar-refractivity contribution is -0.153. The minimum Gasteiger partial charge on any atom is -0.456 e. The smallest absolute Gasteiger partial charge is 0.449 e. The fourth-order valence-electron chi connectivity index (χ4n) is 2.48. The zero-order valence-corrected chi connectivity index (χ0v) is 14.4. The van der Waals surface area contributed by atoms with Gasteiger partial charge in [0.1, 0.15) is 17.4 Å². The average molecular weight is 403 g/mol. The summed E-state index contributed by atoms with van der Waals surface area (Å²) < 4.78 is 70.3. The number of carbonyl (C=O) groups is 1. The van der Waals surface area contributed by atoms with E-state index < -0.39 is 51.2 Å². The first-order valence-corrected chi connectivity index (χ1v) is 8.41. The van der Waals surface area contributed by atoms with Gasteiger partial charge in [0, 0.05) is 0 Å². The molecular formula is C17H10F5NO3S. The Balaban J connectivity index is 2.04. The molecule has 0 saturated heterocycles. The quantitative estimate of drug-likeness (QED) is 0.382. The lowest BCUT2D eigenvalue weighted by Gasteiger charge is -2.09. The summed E-state index contributed by atoms with van der Waals surface area (Å²) in [4.78, 5) is 26.8. The zero-order chi connectivity index (χ0) is 19.9. The molecule has 142 valence electrons. The molecule has 2 heterocycles. The molecule has 4 nitrogen and oxygen atoms in total. The van der Waals surface area contributed by atoms with Gasteiger partial charge in [-0.15, -0.1) is 0 Å². The van der Waals surface area contributed by atoms with E-state index in [9.17, 15) is 31.5 Å². The summed E-state index contributed by atoms with van der Waals surface area (Å²) in [6.07, 6.45) is -4.65. The number of pyridine rings is 1. The number of halogens is 5. The van der Waals surface area contributed by atoms with E-state index in [1.165, 1.54) is 0 Å². The molecule has 3 aromatic rings. The van der Waals surface area contributed by atoms with Gasteiger partial charge in [-0.25, -0.2) is 8.78 Å². The van der Waals surface area contributed by atoms with Crippen molar-refractivity contribution in [3.05, 3.63) is 63.2 Å². The Labute approximate surface area is 152 Å². The molecule has 3 rings (SSSR count). The van der Waals surface area contributed by atoms with E-state index in [-0.39, 0.29) is 16.5 Å². The van der Waals surface area contributed by atoms with Crippen LogP contribution in [0, 0.1) is 11.6 Å². The highest BCUT2D eigenvalue weighted by molar-refractivity contribution is 7.98. The number of hydrogen-bond donors (Lipinski definition) is 1. The van der Waals surface area contributed by atoms with Crippen molar-refractivity contribution < 1.29 is 31.2 Å². The van der Waals surface area contributed by atoms with Crippen LogP contribution in [-0.4, -0.2) is 10.8 Å². The van der Waals surface area contributed by atoms with Crippen LogP contribution < -0.4 is 5.43 Å². The van der Waals surface area contributed by atoms with Crippen molar-refractivity contribution >= 4 is 28.4 Å². The Morgan fingerprint density at radius 3 is 2.41 bits per heavy atom. The minimum absolute atomic E-state index is 0.0671. The highest BCUT2D eigenvalue weighted by Crippen LogP contribution is 2.33. The lowest BCUT2D eigenvalue weighted by atomic mass is 10.1. The molecule has 0 atom stereocenters. The first-order valence-electron chi connectivity index (χ1n) is 7.43. The molecule has 27 heavy (non-hydrogen) atoms. The largest absolute Gasteiger partial charge is 0.456 e. The van der Waals surface area contributed by atoms with Crippen LogP contribution in [0.5, 0.6) is 0 Å². The number of thioether (sulfide) groups is 1. The molecule has 0 radical (unpaired) electrons. The van der Waals surface area contributed by atoms with Crippen molar-refractivity contribution in [2.75, 3.05) is 0 Å². The topological polar surface area (TPSA) is 63.1 Å². The molecule has 1 N–H and O–H groups in total. The summed E-state index contributed by atoms with van der Waals surface area (Å²) in [6, 6.07) is 3.44. The molecule has 1 aromatic carbocycles. The maximum absolute atomic E-state index is 14.0. The fourth-order valence-corrected chi connectivity index (χ4v) is 3.48. The first kappa shape index (κ1) is 19.2. The van der Waals surface area contributed by atoms with Crippen LogP contribution >= 0.6 is 11.8 Å². The highest BCUT2D eigenvalue weighted by Gasteiger charge is 2.34. The predicted octanol–water partition coefficient (Wildman–Crippen LogP) is 4.91. The van der Waals surface area contributed by atoms with E-state index in [1.807, 2.05) is 0 Å². The number of fused-ring (bicyclic) bond motifs is 1. The Morgan fingerprint density at radius 2 is 1.81 bits per heavy atom. The summed E-state index contributed by atoms with van der Waals surface area (Å²) in [5.74, 6) is -4.02. The van der Waals surface area contributed by atoms with Crippen LogP contribution in [0.4, 0.5) is 22.0 Å². The molecule has 0 aliphatic rings. The van der Waals surface area contributed by atoms with Crippen LogP contribution in [-0.2, 0) is 11.9 Å². The molecule has 0 aliphatic heterocycles. The second-order valence-electron chi connectivity index (χ2n) is 5.55. The van der Waals surface area contributed by atoms with Gasteiger partial charge in [0.05, 0.1) is 27.2 Å². The van der Waals surface area contributed by atoms with Crippen molar-refractivity contribution in [2.24, 2.45) is 0 Å². The Morgan fingerprint density at radius 1 is 1.15 bits per heavy atom. The van der Waals surface area contributed by atoms with Gasteiger partial charge < -0.3 is 9.40 Å². The minimum atomic E-state index is -4.65. The molecule has 0 fully saturated rings. The van der Waals surface area contributed by atoms with E-state index in [2.05, 4.69) is 9.40 Å². The second kappa shape index (κ2) is 6.84. The van der Waals surface area contributed by atoms with E-state index >= 15 is 0 Å². The third kappa shape index (κ3) is 3.61. The van der Waals surface area contributed by atoms with Crippen LogP contribution in [0.3, 0.4) is 0 Å². The van der Waals surface area contributed by atoms with Crippen LogP contribution in [0.15, 0.2) is 38.5 Å². The molecule has 0 bridgehead atoms. The number of carbonyl (C=O) groups excluding carboxylic acids is 1. The number of rotatable bonds is 4. The van der Waals surface area contributed by atoms with Gasteiger partial charge in [-0.3, -0.25) is 9.59 Å². The zero-order valence-electron chi connectivity index (χ0n) is 13.5. The summed E-state index contributed by atoms with van der Waals surface area (Å²) >= 11 is 0.769. The number of hydrogen-bond acceptors (Lipinski definition) is 4. The van der Waals surface area contributed by atoms with E-state index in [4.69, 9.17) is 0 Å². The number of ketones is 1. The number of aromatic amines is 1. The van der Waals surface area contributed by atoms with Gasteiger partial charge in [0.25, 0.3) is 0 Å².